The fraction of sp³-hybridized carbons (Fsp3) is 0.367. The number of hydrogen-bond donors (Lipinski definition) is 2. The van der Waals surface area contributed by atoms with E-state index in [1.165, 1.54) is 11.3 Å². The Labute approximate surface area is 239 Å². The second-order valence-corrected chi connectivity index (χ2v) is 13.8. The first-order chi connectivity index (χ1) is 19.0. The number of thiophene rings is 1. The van der Waals surface area contributed by atoms with Crippen LogP contribution in [0.4, 0.5) is 16.6 Å². The van der Waals surface area contributed by atoms with Gasteiger partial charge in [-0.25, -0.2) is 23.2 Å². The van der Waals surface area contributed by atoms with Gasteiger partial charge in [-0.3, -0.25) is 4.72 Å². The van der Waals surface area contributed by atoms with Crippen molar-refractivity contribution in [3.63, 3.8) is 0 Å². The molecule has 2 aromatic carbocycles. The highest BCUT2D eigenvalue weighted by Crippen LogP contribution is 2.41. The van der Waals surface area contributed by atoms with Crippen molar-refractivity contribution in [2.45, 2.75) is 70.6 Å². The maximum atomic E-state index is 13.8. The van der Waals surface area contributed by atoms with Crippen molar-refractivity contribution in [1.82, 2.24) is 9.97 Å². The molecular formula is C30H34N4O4S2. The van der Waals surface area contributed by atoms with Gasteiger partial charge in [-0.2, -0.15) is 0 Å². The molecule has 4 aromatic rings. The molecule has 0 atom stereocenters. The van der Waals surface area contributed by atoms with Crippen LogP contribution in [0.5, 0.6) is 0 Å². The highest BCUT2D eigenvalue weighted by molar-refractivity contribution is 7.92. The lowest BCUT2D eigenvalue weighted by molar-refractivity contribution is 0.0526. The zero-order chi connectivity index (χ0) is 28.7. The number of carbonyl (C=O) groups is 1. The summed E-state index contributed by atoms with van der Waals surface area (Å²) < 4.78 is 35.7. The van der Waals surface area contributed by atoms with Crippen molar-refractivity contribution in [1.29, 1.82) is 0 Å². The van der Waals surface area contributed by atoms with Gasteiger partial charge in [0.25, 0.3) is 10.0 Å². The van der Waals surface area contributed by atoms with E-state index in [0.29, 0.717) is 27.2 Å². The van der Waals surface area contributed by atoms with E-state index in [1.807, 2.05) is 51.1 Å². The fourth-order valence-corrected chi connectivity index (χ4v) is 7.43. The Balaban J connectivity index is 1.61. The smallest absolute Gasteiger partial charge is 0.341 e. The average molecular weight is 579 g/mol. The summed E-state index contributed by atoms with van der Waals surface area (Å²) in [5.74, 6) is -0.119. The SMILES string of the molecule is CCOC(=O)c1c(Nc2nc3ccccc3nc2NS(=O)(=O)c2cc(C(C)(C)C)ccc2C)sc2c1CCCC2. The van der Waals surface area contributed by atoms with Crippen LogP contribution in [0.25, 0.3) is 11.0 Å². The molecule has 0 spiro atoms. The molecule has 40 heavy (non-hydrogen) atoms. The summed E-state index contributed by atoms with van der Waals surface area (Å²) in [6.07, 6.45) is 3.75. The largest absolute Gasteiger partial charge is 0.462 e. The molecule has 2 aromatic heterocycles. The second-order valence-electron chi connectivity index (χ2n) is 11.0. The van der Waals surface area contributed by atoms with E-state index in [0.717, 1.165) is 41.7 Å². The van der Waals surface area contributed by atoms with Gasteiger partial charge in [0.15, 0.2) is 11.6 Å². The maximum Gasteiger partial charge on any atom is 0.341 e. The minimum Gasteiger partial charge on any atom is -0.462 e. The van der Waals surface area contributed by atoms with Gasteiger partial charge in [-0.05, 0) is 79.8 Å². The summed E-state index contributed by atoms with van der Waals surface area (Å²) in [5, 5.41) is 3.86. The molecule has 0 aliphatic heterocycles. The summed E-state index contributed by atoms with van der Waals surface area (Å²) in [7, 11) is -4.03. The number of rotatable bonds is 7. The van der Waals surface area contributed by atoms with Gasteiger partial charge in [0, 0.05) is 4.88 Å². The number of hydrogen-bond acceptors (Lipinski definition) is 8. The molecule has 0 fully saturated rings. The van der Waals surface area contributed by atoms with Crippen LogP contribution in [0.15, 0.2) is 47.4 Å². The quantitative estimate of drug-likeness (QED) is 0.230. The third-order valence-electron chi connectivity index (χ3n) is 7.03. The van der Waals surface area contributed by atoms with Gasteiger partial charge in [0.2, 0.25) is 0 Å². The highest BCUT2D eigenvalue weighted by Gasteiger charge is 2.29. The van der Waals surface area contributed by atoms with E-state index in [9.17, 15) is 13.2 Å². The van der Waals surface area contributed by atoms with Crippen LogP contribution >= 0.6 is 11.3 Å². The lowest BCUT2D eigenvalue weighted by Crippen LogP contribution is -2.19. The fourth-order valence-electron chi connectivity index (χ4n) is 4.88. The van der Waals surface area contributed by atoms with E-state index in [4.69, 9.17) is 9.72 Å². The number of sulfonamides is 1. The molecule has 8 nitrogen and oxygen atoms in total. The van der Waals surface area contributed by atoms with E-state index < -0.39 is 16.0 Å². The number of benzene rings is 2. The van der Waals surface area contributed by atoms with Gasteiger partial charge in [-0.15, -0.1) is 11.3 Å². The topological polar surface area (TPSA) is 110 Å². The van der Waals surface area contributed by atoms with E-state index >= 15 is 0 Å². The van der Waals surface area contributed by atoms with Crippen molar-refractivity contribution in [3.05, 3.63) is 69.6 Å². The zero-order valence-electron chi connectivity index (χ0n) is 23.4. The van der Waals surface area contributed by atoms with Crippen molar-refractivity contribution in [2.75, 3.05) is 16.6 Å². The lowest BCUT2D eigenvalue weighted by atomic mass is 9.87. The average Bonchev–Trinajstić information content (AvgIpc) is 3.26. The summed E-state index contributed by atoms with van der Waals surface area (Å²) >= 11 is 1.49. The number of aromatic nitrogens is 2. The van der Waals surface area contributed by atoms with Crippen LogP contribution in [0.3, 0.4) is 0 Å². The summed E-state index contributed by atoms with van der Waals surface area (Å²) in [4.78, 5) is 23.8. The predicted octanol–water partition coefficient (Wildman–Crippen LogP) is 6.90. The first-order valence-corrected chi connectivity index (χ1v) is 15.8. The minimum absolute atomic E-state index is 0.0560. The number of esters is 1. The minimum atomic E-state index is -4.03. The Morgan fingerprint density at radius 3 is 2.38 bits per heavy atom. The van der Waals surface area contributed by atoms with Gasteiger partial charge >= 0.3 is 5.97 Å². The second kappa shape index (κ2) is 10.8. The number of nitrogens with one attached hydrogen (secondary N) is 2. The maximum absolute atomic E-state index is 13.8. The Morgan fingerprint density at radius 2 is 1.70 bits per heavy atom. The number of fused-ring (bicyclic) bond motifs is 2. The highest BCUT2D eigenvalue weighted by atomic mass is 32.2. The third-order valence-corrected chi connectivity index (χ3v) is 9.72. The van der Waals surface area contributed by atoms with Gasteiger partial charge in [-0.1, -0.05) is 45.0 Å². The zero-order valence-corrected chi connectivity index (χ0v) is 25.1. The van der Waals surface area contributed by atoms with E-state index in [2.05, 4.69) is 15.0 Å². The van der Waals surface area contributed by atoms with Crippen LogP contribution in [0.2, 0.25) is 0 Å². The molecule has 2 N–H and O–H groups in total. The molecule has 0 unspecified atom stereocenters. The van der Waals surface area contributed by atoms with Gasteiger partial charge < -0.3 is 10.1 Å². The number of ether oxygens (including phenoxy) is 1. The summed E-state index contributed by atoms with van der Waals surface area (Å²) in [6, 6.07) is 12.8. The Kier molecular flexibility index (Phi) is 7.58. The van der Waals surface area contributed by atoms with Crippen molar-refractivity contribution >= 4 is 55.0 Å². The standard InChI is InChI=1S/C30H34N4O4S2/c1-6-38-29(35)25-20-11-7-10-14-23(20)39-28(25)33-26-27(32-22-13-9-8-12-21(22)31-26)34-40(36,37)24-17-19(30(3,4)5)16-15-18(24)2/h8-9,12-13,15-17H,6-7,10-11,14H2,1-5H3,(H,31,33)(H,32,34). The summed E-state index contributed by atoms with van der Waals surface area (Å²) in [6.45, 7) is 9.94. The molecule has 10 heteroatoms. The molecular weight excluding hydrogens is 544 g/mol. The Hall–Kier alpha value is -3.50. The Morgan fingerprint density at radius 1 is 1.02 bits per heavy atom. The number of anilines is 3. The van der Waals surface area contributed by atoms with Crippen LogP contribution in [-0.4, -0.2) is 31.0 Å². The molecule has 0 bridgehead atoms. The number of aryl methyl sites for hydroxylation is 2. The van der Waals surface area contributed by atoms with E-state index in [1.54, 1.807) is 26.0 Å². The van der Waals surface area contributed by atoms with Crippen molar-refractivity contribution in [3.8, 4) is 0 Å². The summed E-state index contributed by atoms with van der Waals surface area (Å²) in [5.41, 5.74) is 3.94. The van der Waals surface area contributed by atoms with Crippen molar-refractivity contribution < 1.29 is 17.9 Å². The van der Waals surface area contributed by atoms with Crippen LogP contribution in [0, 0.1) is 6.92 Å². The number of carbonyl (C=O) groups excluding carboxylic acids is 1. The molecule has 0 saturated heterocycles. The lowest BCUT2D eigenvalue weighted by Gasteiger charge is -2.21. The molecule has 5 rings (SSSR count). The number of para-hydroxylation sites is 2. The molecule has 0 saturated carbocycles. The van der Waals surface area contributed by atoms with Gasteiger partial charge in [0.05, 0.1) is 28.1 Å². The molecule has 210 valence electrons. The first kappa shape index (κ1) is 28.0. The van der Waals surface area contributed by atoms with Crippen LogP contribution in [-0.2, 0) is 33.0 Å². The van der Waals surface area contributed by atoms with E-state index in [-0.39, 0.29) is 28.6 Å². The number of nitrogens with zero attached hydrogens (tertiary/aromatic N) is 2. The predicted molar refractivity (Wildman–Crippen MR) is 160 cm³/mol. The third kappa shape index (κ3) is 5.55. The molecule has 2 heterocycles. The van der Waals surface area contributed by atoms with Gasteiger partial charge in [0.1, 0.15) is 5.00 Å². The molecule has 0 radical (unpaired) electrons. The normalized spacial score (nSPS) is 13.6. The molecule has 0 amide bonds. The first-order valence-electron chi connectivity index (χ1n) is 13.5. The van der Waals surface area contributed by atoms with Crippen molar-refractivity contribution in [2.24, 2.45) is 0 Å². The Bertz CT molecular complexity index is 1700. The van der Waals surface area contributed by atoms with Crippen LogP contribution < -0.4 is 10.0 Å². The monoisotopic (exact) mass is 578 g/mol. The molecule has 1 aliphatic rings. The van der Waals surface area contributed by atoms with Crippen LogP contribution in [0.1, 0.15) is 72.5 Å². The molecule has 1 aliphatic carbocycles.